The van der Waals surface area contributed by atoms with Crippen molar-refractivity contribution in [3.8, 4) is 0 Å². The summed E-state index contributed by atoms with van der Waals surface area (Å²) in [6.45, 7) is 5.59. The van der Waals surface area contributed by atoms with E-state index in [9.17, 15) is 0 Å². The molecule has 0 bridgehead atoms. The maximum atomic E-state index is 3.60. The second kappa shape index (κ2) is 5.36. The highest BCUT2D eigenvalue weighted by molar-refractivity contribution is 4.81. The van der Waals surface area contributed by atoms with Crippen LogP contribution in [-0.4, -0.2) is 12.6 Å². The van der Waals surface area contributed by atoms with Crippen molar-refractivity contribution in [3.05, 3.63) is 12.2 Å². The summed E-state index contributed by atoms with van der Waals surface area (Å²) in [4.78, 5) is 0. The Hall–Kier alpha value is -0.300. The summed E-state index contributed by atoms with van der Waals surface area (Å²) in [6, 6.07) is 0.810. The third-order valence-corrected chi connectivity index (χ3v) is 2.67. The molecular formula is C11H21N. The van der Waals surface area contributed by atoms with E-state index in [1.807, 2.05) is 0 Å². The van der Waals surface area contributed by atoms with Crippen LogP contribution in [0.5, 0.6) is 0 Å². The van der Waals surface area contributed by atoms with Crippen molar-refractivity contribution >= 4 is 0 Å². The van der Waals surface area contributed by atoms with E-state index in [0.29, 0.717) is 0 Å². The summed E-state index contributed by atoms with van der Waals surface area (Å²) in [5.74, 6) is 0.948. The lowest BCUT2D eigenvalue weighted by Gasteiger charge is -2.10. The van der Waals surface area contributed by atoms with Gasteiger partial charge >= 0.3 is 0 Å². The highest BCUT2D eigenvalue weighted by Crippen LogP contribution is 2.24. The molecule has 0 aromatic heterocycles. The molecule has 0 aromatic carbocycles. The molecule has 1 aliphatic rings. The Morgan fingerprint density at radius 2 is 2.25 bits per heavy atom. The molecule has 1 rings (SSSR count). The highest BCUT2D eigenvalue weighted by atomic mass is 14.9. The molecule has 1 N–H and O–H groups in total. The van der Waals surface area contributed by atoms with Gasteiger partial charge < -0.3 is 5.32 Å². The third-order valence-electron chi connectivity index (χ3n) is 2.67. The topological polar surface area (TPSA) is 12.0 Å². The molecule has 2 atom stereocenters. The molecule has 70 valence electrons. The zero-order valence-corrected chi connectivity index (χ0v) is 8.34. The molecule has 0 saturated heterocycles. The number of hydrogen-bond donors (Lipinski definition) is 1. The first kappa shape index (κ1) is 9.79. The fourth-order valence-electron chi connectivity index (χ4n) is 1.93. The zero-order valence-electron chi connectivity index (χ0n) is 8.34. The Morgan fingerprint density at radius 1 is 1.42 bits per heavy atom. The first-order valence-electron chi connectivity index (χ1n) is 5.17. The number of nitrogens with one attached hydrogen (secondary N) is 1. The summed E-state index contributed by atoms with van der Waals surface area (Å²) >= 11 is 0. The monoisotopic (exact) mass is 167 g/mol. The molecule has 0 radical (unpaired) electrons. The van der Waals surface area contributed by atoms with Crippen LogP contribution in [-0.2, 0) is 0 Å². The fraction of sp³-hybridized carbons (Fsp3) is 0.818. The average Bonchev–Trinajstić information content (AvgIpc) is 2.45. The molecule has 1 fully saturated rings. The molecule has 12 heavy (non-hydrogen) atoms. The lowest BCUT2D eigenvalue weighted by Crippen LogP contribution is -2.26. The van der Waals surface area contributed by atoms with Crippen molar-refractivity contribution in [1.82, 2.24) is 5.32 Å². The van der Waals surface area contributed by atoms with Gasteiger partial charge in [-0.15, -0.1) is 0 Å². The van der Waals surface area contributed by atoms with E-state index < -0.39 is 0 Å². The second-order valence-corrected chi connectivity index (χ2v) is 3.93. The van der Waals surface area contributed by atoms with Gasteiger partial charge in [0.1, 0.15) is 0 Å². The molecule has 0 aromatic rings. The Kier molecular flexibility index (Phi) is 4.37. The number of allylic oxidation sites excluding steroid dienone is 1. The number of rotatable bonds is 4. The van der Waals surface area contributed by atoms with E-state index in [1.165, 1.54) is 25.7 Å². The van der Waals surface area contributed by atoms with Gasteiger partial charge in [-0.2, -0.15) is 0 Å². The summed E-state index contributed by atoms with van der Waals surface area (Å²) < 4.78 is 0. The predicted molar refractivity (Wildman–Crippen MR) is 54.2 cm³/mol. The summed E-state index contributed by atoms with van der Waals surface area (Å²) in [6.07, 6.45) is 9.72. The maximum absolute atomic E-state index is 3.60. The van der Waals surface area contributed by atoms with E-state index in [-0.39, 0.29) is 0 Å². The van der Waals surface area contributed by atoms with E-state index >= 15 is 0 Å². The van der Waals surface area contributed by atoms with Gasteiger partial charge in [-0.1, -0.05) is 19.1 Å². The normalized spacial score (nSPS) is 30.2. The minimum atomic E-state index is 0.810. The molecule has 0 amide bonds. The van der Waals surface area contributed by atoms with E-state index in [4.69, 9.17) is 0 Å². The predicted octanol–water partition coefficient (Wildman–Crippen LogP) is 2.73. The Labute approximate surface area is 76.2 Å². The first-order chi connectivity index (χ1) is 5.83. The lowest BCUT2D eigenvalue weighted by atomic mass is 10.1. The SMILES string of the molecule is C/C=C/CCNC1CCC(C)C1. The van der Waals surface area contributed by atoms with Gasteiger partial charge in [-0.3, -0.25) is 0 Å². The molecular weight excluding hydrogens is 146 g/mol. The van der Waals surface area contributed by atoms with Gasteiger partial charge in [0.05, 0.1) is 0 Å². The molecule has 0 aliphatic heterocycles. The van der Waals surface area contributed by atoms with Crippen molar-refractivity contribution in [2.75, 3.05) is 6.54 Å². The molecule has 1 aliphatic carbocycles. The quantitative estimate of drug-likeness (QED) is 0.501. The Bertz CT molecular complexity index is 140. The second-order valence-electron chi connectivity index (χ2n) is 3.93. The van der Waals surface area contributed by atoms with Gasteiger partial charge in [0, 0.05) is 6.04 Å². The van der Waals surface area contributed by atoms with Crippen molar-refractivity contribution < 1.29 is 0 Å². The smallest absolute Gasteiger partial charge is 0.00698 e. The molecule has 1 nitrogen and oxygen atoms in total. The van der Waals surface area contributed by atoms with Gasteiger partial charge in [0.2, 0.25) is 0 Å². The minimum Gasteiger partial charge on any atom is -0.314 e. The van der Waals surface area contributed by atoms with Crippen LogP contribution in [0.15, 0.2) is 12.2 Å². The molecule has 1 heteroatoms. The molecule has 1 saturated carbocycles. The van der Waals surface area contributed by atoms with Crippen LogP contribution in [0.2, 0.25) is 0 Å². The van der Waals surface area contributed by atoms with Crippen LogP contribution in [0.25, 0.3) is 0 Å². The van der Waals surface area contributed by atoms with Gasteiger partial charge in [-0.25, -0.2) is 0 Å². The molecule has 0 heterocycles. The van der Waals surface area contributed by atoms with E-state index in [0.717, 1.165) is 18.5 Å². The van der Waals surface area contributed by atoms with Crippen molar-refractivity contribution in [3.63, 3.8) is 0 Å². The van der Waals surface area contributed by atoms with Gasteiger partial charge in [0.15, 0.2) is 0 Å². The Morgan fingerprint density at radius 3 is 2.83 bits per heavy atom. The fourth-order valence-corrected chi connectivity index (χ4v) is 1.93. The van der Waals surface area contributed by atoms with Crippen LogP contribution in [0.1, 0.15) is 39.5 Å². The first-order valence-corrected chi connectivity index (χ1v) is 5.17. The Balaban J connectivity index is 2.00. The van der Waals surface area contributed by atoms with Crippen LogP contribution in [0.3, 0.4) is 0 Å². The standard InChI is InChI=1S/C11H21N/c1-3-4-5-8-12-11-7-6-10(2)9-11/h3-4,10-12H,5-9H2,1-2H3/b4-3+. The average molecular weight is 167 g/mol. The summed E-state index contributed by atoms with van der Waals surface area (Å²) in [7, 11) is 0. The van der Waals surface area contributed by atoms with Gasteiger partial charge in [0.25, 0.3) is 0 Å². The van der Waals surface area contributed by atoms with Gasteiger partial charge in [-0.05, 0) is 45.1 Å². The van der Waals surface area contributed by atoms with E-state index in [2.05, 4.69) is 31.3 Å². The highest BCUT2D eigenvalue weighted by Gasteiger charge is 2.19. The minimum absolute atomic E-state index is 0.810. The van der Waals surface area contributed by atoms with Crippen molar-refractivity contribution in [1.29, 1.82) is 0 Å². The molecule has 0 spiro atoms. The van der Waals surface area contributed by atoms with Crippen molar-refractivity contribution in [2.45, 2.75) is 45.6 Å². The lowest BCUT2D eigenvalue weighted by molar-refractivity contribution is 0.508. The van der Waals surface area contributed by atoms with Crippen LogP contribution in [0.4, 0.5) is 0 Å². The maximum Gasteiger partial charge on any atom is 0.00698 e. The van der Waals surface area contributed by atoms with Crippen LogP contribution >= 0.6 is 0 Å². The van der Waals surface area contributed by atoms with Crippen LogP contribution < -0.4 is 5.32 Å². The largest absolute Gasteiger partial charge is 0.314 e. The summed E-state index contributed by atoms with van der Waals surface area (Å²) in [5.41, 5.74) is 0. The molecule has 2 unspecified atom stereocenters. The van der Waals surface area contributed by atoms with E-state index in [1.54, 1.807) is 0 Å². The summed E-state index contributed by atoms with van der Waals surface area (Å²) in [5, 5.41) is 3.60. The van der Waals surface area contributed by atoms with Crippen molar-refractivity contribution in [2.24, 2.45) is 5.92 Å². The number of hydrogen-bond acceptors (Lipinski definition) is 1. The third kappa shape index (κ3) is 3.40. The zero-order chi connectivity index (χ0) is 8.81. The van der Waals surface area contributed by atoms with Crippen LogP contribution in [0, 0.1) is 5.92 Å².